The largest absolute Gasteiger partial charge is 0.480 e. The average Bonchev–Trinajstić information content (AvgIpc) is 2.72. The van der Waals surface area contributed by atoms with E-state index in [1.54, 1.807) is 5.94 Å². The van der Waals surface area contributed by atoms with Crippen LogP contribution in [0.15, 0.2) is 5.57 Å². The van der Waals surface area contributed by atoms with Gasteiger partial charge >= 0.3 is 5.97 Å². The van der Waals surface area contributed by atoms with Gasteiger partial charge in [-0.05, 0) is 18.8 Å². The van der Waals surface area contributed by atoms with Crippen LogP contribution in [0, 0.1) is 5.92 Å². The first-order valence-corrected chi connectivity index (χ1v) is 3.40. The summed E-state index contributed by atoms with van der Waals surface area (Å²) < 4.78 is 0. The highest BCUT2D eigenvalue weighted by molar-refractivity contribution is 5.81. The zero-order valence-electron chi connectivity index (χ0n) is 5.91. The Morgan fingerprint density at radius 1 is 1.64 bits per heavy atom. The first-order chi connectivity index (χ1) is 5.16. The molecular weight excluding hydrogens is 146 g/mol. The molecule has 11 heavy (non-hydrogen) atoms. The molecule has 1 atom stereocenters. The van der Waals surface area contributed by atoms with Crippen molar-refractivity contribution in [1.29, 1.82) is 0 Å². The molecule has 0 aliphatic heterocycles. The molecule has 60 valence electrons. The molecule has 3 N–H and O–H groups in total. The Labute approximate surface area is 63.7 Å². The summed E-state index contributed by atoms with van der Waals surface area (Å²) in [7, 11) is 0. The molecule has 1 unspecified atom stereocenters. The number of carbonyl (C=O) groups is 1. The van der Waals surface area contributed by atoms with Gasteiger partial charge in [-0.3, -0.25) is 4.79 Å². The number of nitrogens with two attached hydrogens (primary N) is 1. The van der Waals surface area contributed by atoms with E-state index in [1.165, 1.54) is 0 Å². The number of carboxylic acids is 1. The second-order valence-electron chi connectivity index (χ2n) is 2.65. The number of rotatable bonds is 3. The monoisotopic (exact) mass is 155 g/mol. The van der Waals surface area contributed by atoms with Crippen molar-refractivity contribution in [2.24, 2.45) is 11.7 Å². The summed E-state index contributed by atoms with van der Waals surface area (Å²) in [4.78, 5) is 20.5. The molecule has 0 bridgehead atoms. The molecule has 1 aliphatic carbocycles. The topological polar surface area (TPSA) is 80.4 Å². The zero-order valence-corrected chi connectivity index (χ0v) is 5.91. The van der Waals surface area contributed by atoms with Crippen LogP contribution in [-0.4, -0.2) is 23.1 Å². The summed E-state index contributed by atoms with van der Waals surface area (Å²) in [6.45, 7) is 0. The van der Waals surface area contributed by atoms with Gasteiger partial charge in [0.05, 0.1) is 0 Å². The molecule has 4 heteroatoms. The molecule has 1 fully saturated rings. The van der Waals surface area contributed by atoms with Crippen molar-refractivity contribution in [3.05, 3.63) is 5.57 Å². The van der Waals surface area contributed by atoms with Gasteiger partial charge in [0, 0.05) is 5.57 Å². The van der Waals surface area contributed by atoms with Gasteiger partial charge in [-0.25, -0.2) is 4.79 Å². The average molecular weight is 155 g/mol. The van der Waals surface area contributed by atoms with Crippen molar-refractivity contribution in [3.8, 4) is 0 Å². The summed E-state index contributed by atoms with van der Waals surface area (Å²) in [5.41, 5.74) is 5.42. The molecule has 1 saturated carbocycles. The summed E-state index contributed by atoms with van der Waals surface area (Å²) in [6, 6.07) is -1.15. The Morgan fingerprint density at radius 2 is 2.18 bits per heavy atom. The predicted octanol–water partition coefficient (Wildman–Crippen LogP) is -0.434. The quantitative estimate of drug-likeness (QED) is 0.542. The van der Waals surface area contributed by atoms with E-state index in [9.17, 15) is 9.59 Å². The fraction of sp³-hybridized carbons (Fsp3) is 0.571. The van der Waals surface area contributed by atoms with Gasteiger partial charge in [0.15, 0.2) is 0 Å². The van der Waals surface area contributed by atoms with Crippen LogP contribution < -0.4 is 5.73 Å². The third-order valence-corrected chi connectivity index (χ3v) is 1.74. The molecule has 4 nitrogen and oxygen atoms in total. The van der Waals surface area contributed by atoms with Gasteiger partial charge < -0.3 is 10.8 Å². The van der Waals surface area contributed by atoms with E-state index >= 15 is 0 Å². The van der Waals surface area contributed by atoms with Crippen LogP contribution in [0.5, 0.6) is 0 Å². The van der Waals surface area contributed by atoms with Crippen LogP contribution in [0.25, 0.3) is 0 Å². The number of hydrogen-bond donors (Lipinski definition) is 2. The van der Waals surface area contributed by atoms with Crippen molar-refractivity contribution in [1.82, 2.24) is 0 Å². The normalized spacial score (nSPS) is 18.6. The first kappa shape index (κ1) is 7.98. The van der Waals surface area contributed by atoms with E-state index in [2.05, 4.69) is 0 Å². The number of carbonyl (C=O) groups excluding carboxylic acids is 1. The fourth-order valence-corrected chi connectivity index (χ4v) is 0.928. The maximum absolute atomic E-state index is 10.3. The highest BCUT2D eigenvalue weighted by Crippen LogP contribution is 2.36. The van der Waals surface area contributed by atoms with Gasteiger partial charge in [0.25, 0.3) is 0 Å². The molecule has 0 radical (unpaired) electrons. The Balaban J connectivity index is 2.69. The highest BCUT2D eigenvalue weighted by Gasteiger charge is 2.33. The van der Waals surface area contributed by atoms with Crippen molar-refractivity contribution < 1.29 is 14.7 Å². The standard InChI is InChI=1S/C7H9NO3/c8-6(7(10)11)5(3-9)4-1-2-4/h4,6H,1-2,8H2,(H,10,11). The van der Waals surface area contributed by atoms with Crippen LogP contribution >= 0.6 is 0 Å². The molecule has 0 amide bonds. The van der Waals surface area contributed by atoms with Crippen LogP contribution in [0.3, 0.4) is 0 Å². The number of hydrogen-bond acceptors (Lipinski definition) is 3. The van der Waals surface area contributed by atoms with E-state index in [0.29, 0.717) is 0 Å². The van der Waals surface area contributed by atoms with Crippen LogP contribution in [0.1, 0.15) is 12.8 Å². The molecule has 0 spiro atoms. The van der Waals surface area contributed by atoms with Gasteiger partial charge in [-0.2, -0.15) is 0 Å². The third-order valence-electron chi connectivity index (χ3n) is 1.74. The molecule has 0 aromatic heterocycles. The minimum Gasteiger partial charge on any atom is -0.480 e. The van der Waals surface area contributed by atoms with Gasteiger partial charge in [-0.1, -0.05) is 0 Å². The maximum Gasteiger partial charge on any atom is 0.325 e. The molecule has 0 aromatic rings. The van der Waals surface area contributed by atoms with Crippen molar-refractivity contribution in [2.75, 3.05) is 0 Å². The van der Waals surface area contributed by atoms with E-state index in [1.807, 2.05) is 0 Å². The lowest BCUT2D eigenvalue weighted by atomic mass is 10.1. The fourth-order valence-electron chi connectivity index (χ4n) is 0.928. The van der Waals surface area contributed by atoms with Gasteiger partial charge in [0.2, 0.25) is 0 Å². The minimum absolute atomic E-state index is 0.0820. The van der Waals surface area contributed by atoms with E-state index < -0.39 is 12.0 Å². The van der Waals surface area contributed by atoms with Gasteiger partial charge in [-0.15, -0.1) is 0 Å². The minimum atomic E-state index is -1.16. The molecular formula is C7H9NO3. The lowest BCUT2D eigenvalue weighted by Crippen LogP contribution is -2.33. The molecule has 1 rings (SSSR count). The number of aliphatic carboxylic acids is 1. The maximum atomic E-state index is 10.3. The molecule has 1 aliphatic rings. The first-order valence-electron chi connectivity index (χ1n) is 3.40. The lowest BCUT2D eigenvalue weighted by molar-refractivity contribution is -0.137. The van der Waals surface area contributed by atoms with Crippen LogP contribution in [0.4, 0.5) is 0 Å². The third kappa shape index (κ3) is 1.67. The summed E-state index contributed by atoms with van der Waals surface area (Å²) in [6.07, 6.45) is 1.73. The summed E-state index contributed by atoms with van der Waals surface area (Å²) >= 11 is 0. The smallest absolute Gasteiger partial charge is 0.325 e. The molecule has 0 saturated heterocycles. The van der Waals surface area contributed by atoms with E-state index in [-0.39, 0.29) is 11.5 Å². The second-order valence-corrected chi connectivity index (χ2v) is 2.65. The number of carboxylic acid groups (broad SMARTS) is 1. The Hall–Kier alpha value is -1.12. The second kappa shape index (κ2) is 2.86. The van der Waals surface area contributed by atoms with Crippen molar-refractivity contribution >= 4 is 11.9 Å². The Morgan fingerprint density at radius 3 is 2.45 bits per heavy atom. The Bertz CT molecular complexity index is 226. The van der Waals surface area contributed by atoms with E-state index in [4.69, 9.17) is 10.8 Å². The molecule has 0 heterocycles. The SMILES string of the molecule is NC(C(=O)O)C(=C=O)C1CC1. The van der Waals surface area contributed by atoms with Crippen molar-refractivity contribution in [3.63, 3.8) is 0 Å². The van der Waals surface area contributed by atoms with Crippen LogP contribution in [0.2, 0.25) is 0 Å². The Kier molecular flexibility index (Phi) is 2.08. The summed E-state index contributed by atoms with van der Waals surface area (Å²) in [5.74, 6) is 0.531. The van der Waals surface area contributed by atoms with Crippen molar-refractivity contribution in [2.45, 2.75) is 18.9 Å². The summed E-state index contributed by atoms with van der Waals surface area (Å²) in [5, 5.41) is 8.44. The lowest BCUT2D eigenvalue weighted by Gasteiger charge is -2.04. The highest BCUT2D eigenvalue weighted by atomic mass is 16.4. The molecule has 0 aromatic carbocycles. The predicted molar refractivity (Wildman–Crippen MR) is 37.5 cm³/mol. The van der Waals surface area contributed by atoms with Gasteiger partial charge in [0.1, 0.15) is 12.0 Å². The van der Waals surface area contributed by atoms with E-state index in [0.717, 1.165) is 12.8 Å². The zero-order chi connectivity index (χ0) is 8.43. The van der Waals surface area contributed by atoms with Crippen LogP contribution in [-0.2, 0) is 9.59 Å².